The molecule has 1 aromatic rings. The number of hydrogen-bond donors (Lipinski definition) is 1. The molecule has 0 radical (unpaired) electrons. The van der Waals surface area contributed by atoms with Crippen LogP contribution in [0.3, 0.4) is 0 Å². The van der Waals surface area contributed by atoms with Gasteiger partial charge in [0.25, 0.3) is 0 Å². The van der Waals surface area contributed by atoms with Gasteiger partial charge in [0.1, 0.15) is 6.54 Å². The van der Waals surface area contributed by atoms with Gasteiger partial charge in [0.05, 0.1) is 13.2 Å². The molecule has 0 spiro atoms. The molecule has 0 aliphatic carbocycles. The standard InChI is InChI=1S/C12H20N4O2/c1-11(9-15-5-7-18-8-6-15)14-12(17)10-16-4-2-3-13-16/h2-4,11H,5-10H2,1H3,(H,14,17). The average molecular weight is 252 g/mol. The third-order valence-corrected chi connectivity index (χ3v) is 2.91. The summed E-state index contributed by atoms with van der Waals surface area (Å²) in [5.74, 6) is -0.000501. The molecule has 1 N–H and O–H groups in total. The minimum Gasteiger partial charge on any atom is -0.379 e. The summed E-state index contributed by atoms with van der Waals surface area (Å²) in [6.45, 7) is 6.63. The summed E-state index contributed by atoms with van der Waals surface area (Å²) in [5.41, 5.74) is 0. The number of carbonyl (C=O) groups is 1. The number of nitrogens with one attached hydrogen (secondary N) is 1. The maximum absolute atomic E-state index is 11.7. The predicted molar refractivity (Wildman–Crippen MR) is 67.1 cm³/mol. The van der Waals surface area contributed by atoms with E-state index in [1.807, 2.05) is 13.0 Å². The first-order chi connectivity index (χ1) is 8.74. The minimum absolute atomic E-state index is 0.000501. The van der Waals surface area contributed by atoms with Gasteiger partial charge in [0, 0.05) is 38.1 Å². The SMILES string of the molecule is CC(CN1CCOCC1)NC(=O)Cn1cccn1. The van der Waals surface area contributed by atoms with E-state index in [0.717, 1.165) is 32.8 Å². The highest BCUT2D eigenvalue weighted by Gasteiger charge is 2.15. The summed E-state index contributed by atoms with van der Waals surface area (Å²) in [6, 6.07) is 1.95. The van der Waals surface area contributed by atoms with Crippen molar-refractivity contribution in [3.8, 4) is 0 Å². The normalized spacial score (nSPS) is 18.5. The molecule has 1 fully saturated rings. The van der Waals surface area contributed by atoms with Crippen molar-refractivity contribution in [3.63, 3.8) is 0 Å². The fourth-order valence-corrected chi connectivity index (χ4v) is 2.08. The molecule has 2 heterocycles. The van der Waals surface area contributed by atoms with Crippen LogP contribution in [0.1, 0.15) is 6.92 Å². The van der Waals surface area contributed by atoms with Gasteiger partial charge in [-0.15, -0.1) is 0 Å². The summed E-state index contributed by atoms with van der Waals surface area (Å²) in [4.78, 5) is 14.1. The van der Waals surface area contributed by atoms with Gasteiger partial charge in [0.15, 0.2) is 0 Å². The van der Waals surface area contributed by atoms with E-state index in [2.05, 4.69) is 15.3 Å². The van der Waals surface area contributed by atoms with Gasteiger partial charge >= 0.3 is 0 Å². The van der Waals surface area contributed by atoms with Crippen LogP contribution < -0.4 is 5.32 Å². The Kier molecular flexibility index (Phi) is 4.72. The van der Waals surface area contributed by atoms with E-state index in [9.17, 15) is 4.79 Å². The third kappa shape index (κ3) is 4.12. The van der Waals surface area contributed by atoms with Crippen molar-refractivity contribution in [3.05, 3.63) is 18.5 Å². The Hall–Kier alpha value is -1.40. The van der Waals surface area contributed by atoms with Gasteiger partial charge in [-0.25, -0.2) is 0 Å². The maximum Gasteiger partial charge on any atom is 0.241 e. The lowest BCUT2D eigenvalue weighted by Gasteiger charge is -2.29. The summed E-state index contributed by atoms with van der Waals surface area (Å²) < 4.78 is 6.91. The van der Waals surface area contributed by atoms with E-state index in [4.69, 9.17) is 4.74 Å². The van der Waals surface area contributed by atoms with Crippen LogP contribution in [0.25, 0.3) is 0 Å². The Balaban J connectivity index is 1.69. The molecule has 6 nitrogen and oxygen atoms in total. The quantitative estimate of drug-likeness (QED) is 0.783. The minimum atomic E-state index is -0.000501. The van der Waals surface area contributed by atoms with Crippen LogP contribution in [0.2, 0.25) is 0 Å². The topological polar surface area (TPSA) is 59.4 Å². The molecule has 1 unspecified atom stereocenters. The predicted octanol–water partition coefficient (Wildman–Crippen LogP) is -0.280. The lowest BCUT2D eigenvalue weighted by Crippen LogP contribution is -2.46. The molecule has 1 atom stereocenters. The molecule has 100 valence electrons. The molecule has 6 heteroatoms. The second-order valence-electron chi connectivity index (χ2n) is 4.59. The van der Waals surface area contributed by atoms with E-state index < -0.39 is 0 Å². The zero-order chi connectivity index (χ0) is 12.8. The number of hydrogen-bond acceptors (Lipinski definition) is 4. The van der Waals surface area contributed by atoms with Crippen LogP contribution in [0.5, 0.6) is 0 Å². The first-order valence-electron chi connectivity index (χ1n) is 6.31. The molecule has 1 aromatic heterocycles. The molecule has 0 bridgehead atoms. The Morgan fingerprint density at radius 1 is 1.50 bits per heavy atom. The number of ether oxygens (including phenoxy) is 1. The fraction of sp³-hybridized carbons (Fsp3) is 0.667. The fourth-order valence-electron chi connectivity index (χ4n) is 2.08. The summed E-state index contributed by atoms with van der Waals surface area (Å²) in [6.07, 6.45) is 3.46. The van der Waals surface area contributed by atoms with Crippen LogP contribution in [0, 0.1) is 0 Å². The third-order valence-electron chi connectivity index (χ3n) is 2.91. The number of carbonyl (C=O) groups excluding carboxylic acids is 1. The molecule has 1 amide bonds. The van der Waals surface area contributed by atoms with E-state index in [1.165, 1.54) is 0 Å². The average Bonchev–Trinajstić information content (AvgIpc) is 2.82. The van der Waals surface area contributed by atoms with Crippen LogP contribution in [0.15, 0.2) is 18.5 Å². The van der Waals surface area contributed by atoms with Crippen molar-refractivity contribution in [1.82, 2.24) is 20.0 Å². The van der Waals surface area contributed by atoms with Crippen LogP contribution in [-0.4, -0.2) is 59.5 Å². The Labute approximate surface area is 107 Å². The smallest absolute Gasteiger partial charge is 0.241 e. The van der Waals surface area contributed by atoms with E-state index >= 15 is 0 Å². The summed E-state index contributed by atoms with van der Waals surface area (Å²) >= 11 is 0. The number of aromatic nitrogens is 2. The van der Waals surface area contributed by atoms with Crippen LogP contribution in [0.4, 0.5) is 0 Å². The second kappa shape index (κ2) is 6.51. The lowest BCUT2D eigenvalue weighted by atomic mass is 10.3. The molecular formula is C12H20N4O2. The van der Waals surface area contributed by atoms with Crippen LogP contribution >= 0.6 is 0 Å². The van der Waals surface area contributed by atoms with Crippen LogP contribution in [-0.2, 0) is 16.1 Å². The molecule has 2 rings (SSSR count). The van der Waals surface area contributed by atoms with Crippen molar-refractivity contribution in [2.45, 2.75) is 19.5 Å². The zero-order valence-corrected chi connectivity index (χ0v) is 10.7. The van der Waals surface area contributed by atoms with Crippen molar-refractivity contribution < 1.29 is 9.53 Å². The Bertz CT molecular complexity index is 360. The van der Waals surface area contributed by atoms with Gasteiger partial charge < -0.3 is 10.1 Å². The Morgan fingerprint density at radius 2 is 2.28 bits per heavy atom. The summed E-state index contributed by atoms with van der Waals surface area (Å²) in [7, 11) is 0. The van der Waals surface area contributed by atoms with Gasteiger partial charge in [-0.05, 0) is 13.0 Å². The molecule has 18 heavy (non-hydrogen) atoms. The molecule has 0 aromatic carbocycles. The van der Waals surface area contributed by atoms with Gasteiger partial charge in [-0.3, -0.25) is 14.4 Å². The van der Waals surface area contributed by atoms with Gasteiger partial charge in [-0.2, -0.15) is 5.10 Å². The largest absolute Gasteiger partial charge is 0.379 e. The van der Waals surface area contributed by atoms with E-state index in [0.29, 0.717) is 0 Å². The molecule has 1 aliphatic rings. The number of nitrogens with zero attached hydrogens (tertiary/aromatic N) is 3. The van der Waals surface area contributed by atoms with Crippen molar-refractivity contribution in [1.29, 1.82) is 0 Å². The molecule has 0 saturated carbocycles. The second-order valence-corrected chi connectivity index (χ2v) is 4.59. The van der Waals surface area contributed by atoms with Crippen molar-refractivity contribution >= 4 is 5.91 Å². The highest BCUT2D eigenvalue weighted by Crippen LogP contribution is 1.98. The van der Waals surface area contributed by atoms with E-state index in [1.54, 1.807) is 17.1 Å². The number of morpholine rings is 1. The van der Waals surface area contributed by atoms with Gasteiger partial charge in [-0.1, -0.05) is 0 Å². The Morgan fingerprint density at radius 3 is 2.94 bits per heavy atom. The first-order valence-corrected chi connectivity index (χ1v) is 6.31. The zero-order valence-electron chi connectivity index (χ0n) is 10.7. The number of rotatable bonds is 5. The molecule has 1 aliphatic heterocycles. The molecule has 1 saturated heterocycles. The highest BCUT2D eigenvalue weighted by molar-refractivity contribution is 5.75. The lowest BCUT2D eigenvalue weighted by molar-refractivity contribution is -0.122. The van der Waals surface area contributed by atoms with E-state index in [-0.39, 0.29) is 18.5 Å². The maximum atomic E-state index is 11.7. The van der Waals surface area contributed by atoms with Crippen molar-refractivity contribution in [2.24, 2.45) is 0 Å². The molecular weight excluding hydrogens is 232 g/mol. The van der Waals surface area contributed by atoms with Crippen molar-refractivity contribution in [2.75, 3.05) is 32.8 Å². The first kappa shape index (κ1) is 13.0. The summed E-state index contributed by atoms with van der Waals surface area (Å²) in [5, 5.41) is 6.99. The number of amides is 1. The highest BCUT2D eigenvalue weighted by atomic mass is 16.5. The monoisotopic (exact) mass is 252 g/mol. The van der Waals surface area contributed by atoms with Gasteiger partial charge in [0.2, 0.25) is 5.91 Å².